The molecule has 0 saturated heterocycles. The minimum atomic E-state index is -1.12. The van der Waals surface area contributed by atoms with Crippen LogP contribution in [0.4, 0.5) is 10.1 Å². The van der Waals surface area contributed by atoms with E-state index in [0.29, 0.717) is 12.2 Å². The van der Waals surface area contributed by atoms with E-state index in [1.54, 1.807) is 23.3 Å². The number of rotatable bonds is 4. The van der Waals surface area contributed by atoms with E-state index in [2.05, 4.69) is 0 Å². The van der Waals surface area contributed by atoms with Crippen LogP contribution in [0.15, 0.2) is 35.0 Å². The Bertz CT molecular complexity index is 554. The molecule has 0 unspecified atom stereocenters. The smallest absolute Gasteiger partial charge is 0.337 e. The molecule has 18 heavy (non-hydrogen) atoms. The second-order valence-electron chi connectivity index (χ2n) is 3.95. The van der Waals surface area contributed by atoms with Gasteiger partial charge in [-0.25, -0.2) is 9.18 Å². The molecule has 3 nitrogen and oxygen atoms in total. The van der Waals surface area contributed by atoms with Crippen molar-refractivity contribution in [2.75, 3.05) is 11.9 Å². The first-order chi connectivity index (χ1) is 8.58. The van der Waals surface area contributed by atoms with Crippen molar-refractivity contribution >= 4 is 23.0 Å². The fraction of sp³-hybridized carbons (Fsp3) is 0.154. The number of carbonyl (C=O) groups is 1. The van der Waals surface area contributed by atoms with Crippen molar-refractivity contribution in [2.24, 2.45) is 0 Å². The molecule has 0 amide bonds. The number of halogens is 1. The molecule has 0 spiro atoms. The van der Waals surface area contributed by atoms with E-state index in [1.165, 1.54) is 12.1 Å². The molecule has 1 heterocycles. The minimum absolute atomic E-state index is 0.0206. The van der Waals surface area contributed by atoms with Crippen molar-refractivity contribution in [3.63, 3.8) is 0 Å². The molecule has 2 aromatic rings. The van der Waals surface area contributed by atoms with Crippen LogP contribution in [0, 0.1) is 5.82 Å². The molecular weight excluding hydrogens is 253 g/mol. The Balaban J connectivity index is 2.29. The summed E-state index contributed by atoms with van der Waals surface area (Å²) in [5.74, 6) is -1.67. The van der Waals surface area contributed by atoms with Crippen molar-refractivity contribution in [1.29, 1.82) is 0 Å². The van der Waals surface area contributed by atoms with Gasteiger partial charge in [-0.1, -0.05) is 0 Å². The topological polar surface area (TPSA) is 40.5 Å². The van der Waals surface area contributed by atoms with Gasteiger partial charge < -0.3 is 10.0 Å². The van der Waals surface area contributed by atoms with Crippen LogP contribution in [-0.2, 0) is 6.54 Å². The normalized spacial score (nSPS) is 10.3. The van der Waals surface area contributed by atoms with Crippen LogP contribution in [0.3, 0.4) is 0 Å². The van der Waals surface area contributed by atoms with E-state index < -0.39 is 11.8 Å². The van der Waals surface area contributed by atoms with E-state index >= 15 is 0 Å². The number of anilines is 1. The Kier molecular flexibility index (Phi) is 3.62. The minimum Gasteiger partial charge on any atom is -0.478 e. The first-order valence-electron chi connectivity index (χ1n) is 5.33. The van der Waals surface area contributed by atoms with E-state index in [9.17, 15) is 9.18 Å². The van der Waals surface area contributed by atoms with Gasteiger partial charge in [-0.3, -0.25) is 0 Å². The van der Waals surface area contributed by atoms with Crippen molar-refractivity contribution in [3.8, 4) is 0 Å². The molecule has 5 heteroatoms. The molecule has 0 aliphatic heterocycles. The molecule has 1 N–H and O–H groups in total. The molecule has 0 radical (unpaired) electrons. The van der Waals surface area contributed by atoms with Crippen LogP contribution in [-0.4, -0.2) is 18.1 Å². The molecule has 2 rings (SSSR count). The number of aromatic carboxylic acids is 1. The lowest BCUT2D eigenvalue weighted by Crippen LogP contribution is -2.19. The number of carboxylic acids is 1. The van der Waals surface area contributed by atoms with E-state index in [-0.39, 0.29) is 5.56 Å². The molecule has 94 valence electrons. The number of thiophene rings is 1. The predicted molar refractivity (Wildman–Crippen MR) is 69.8 cm³/mol. The van der Waals surface area contributed by atoms with Gasteiger partial charge in [0, 0.05) is 13.6 Å². The van der Waals surface area contributed by atoms with Gasteiger partial charge >= 0.3 is 5.97 Å². The lowest BCUT2D eigenvalue weighted by molar-refractivity contribution is 0.0697. The van der Waals surface area contributed by atoms with Gasteiger partial charge in [-0.15, -0.1) is 0 Å². The van der Waals surface area contributed by atoms with Gasteiger partial charge in [0.2, 0.25) is 0 Å². The first-order valence-corrected chi connectivity index (χ1v) is 6.27. The second-order valence-corrected chi connectivity index (χ2v) is 4.73. The highest BCUT2D eigenvalue weighted by atomic mass is 32.1. The number of hydrogen-bond acceptors (Lipinski definition) is 3. The zero-order valence-corrected chi connectivity index (χ0v) is 10.6. The third-order valence-corrected chi connectivity index (χ3v) is 3.33. The van der Waals surface area contributed by atoms with Gasteiger partial charge in [0.05, 0.1) is 11.3 Å². The lowest BCUT2D eigenvalue weighted by Gasteiger charge is -2.20. The van der Waals surface area contributed by atoms with E-state index in [0.717, 1.165) is 11.6 Å². The van der Waals surface area contributed by atoms with Crippen LogP contribution < -0.4 is 4.90 Å². The molecule has 1 aromatic carbocycles. The molecular formula is C13H12FNO2S. The standard InChI is InChI=1S/C13H12FNO2S/c1-15(7-9-4-5-18-8-9)12-3-2-10(14)6-11(12)13(16)17/h2-6,8H,7H2,1H3,(H,16,17). The summed E-state index contributed by atoms with van der Waals surface area (Å²) in [6, 6.07) is 5.78. The van der Waals surface area contributed by atoms with Crippen molar-refractivity contribution in [2.45, 2.75) is 6.54 Å². The Morgan fingerprint density at radius 3 is 2.83 bits per heavy atom. The molecule has 0 atom stereocenters. The van der Waals surface area contributed by atoms with Gasteiger partial charge in [0.15, 0.2) is 0 Å². The molecule has 0 aliphatic carbocycles. The van der Waals surface area contributed by atoms with Crippen molar-refractivity contribution < 1.29 is 14.3 Å². The summed E-state index contributed by atoms with van der Waals surface area (Å²) in [7, 11) is 1.79. The maximum atomic E-state index is 13.1. The zero-order valence-electron chi connectivity index (χ0n) is 9.76. The second kappa shape index (κ2) is 5.18. The van der Waals surface area contributed by atoms with Gasteiger partial charge in [0.25, 0.3) is 0 Å². The van der Waals surface area contributed by atoms with Gasteiger partial charge in [-0.05, 0) is 40.6 Å². The summed E-state index contributed by atoms with van der Waals surface area (Å²) in [5, 5.41) is 13.0. The third kappa shape index (κ3) is 2.68. The maximum absolute atomic E-state index is 13.1. The van der Waals surface area contributed by atoms with Crippen LogP contribution in [0.25, 0.3) is 0 Å². The summed E-state index contributed by atoms with van der Waals surface area (Å²) >= 11 is 1.59. The Labute approximate surface area is 108 Å². The first kappa shape index (κ1) is 12.6. The zero-order chi connectivity index (χ0) is 13.1. The van der Waals surface area contributed by atoms with Crippen molar-refractivity contribution in [1.82, 2.24) is 0 Å². The van der Waals surface area contributed by atoms with Gasteiger partial charge in [0.1, 0.15) is 5.82 Å². The molecule has 0 fully saturated rings. The highest BCUT2D eigenvalue weighted by Crippen LogP contribution is 2.23. The van der Waals surface area contributed by atoms with Crippen LogP contribution in [0.5, 0.6) is 0 Å². The Morgan fingerprint density at radius 1 is 1.44 bits per heavy atom. The SMILES string of the molecule is CN(Cc1ccsc1)c1ccc(F)cc1C(=O)O. The van der Waals surface area contributed by atoms with Crippen LogP contribution in [0.1, 0.15) is 15.9 Å². The molecule has 0 aliphatic rings. The molecule has 1 aromatic heterocycles. The maximum Gasteiger partial charge on any atom is 0.337 e. The fourth-order valence-corrected chi connectivity index (χ4v) is 2.41. The molecule has 0 bridgehead atoms. The summed E-state index contributed by atoms with van der Waals surface area (Å²) in [6.45, 7) is 0.593. The summed E-state index contributed by atoms with van der Waals surface area (Å²) < 4.78 is 13.1. The highest BCUT2D eigenvalue weighted by Gasteiger charge is 2.14. The Hall–Kier alpha value is -1.88. The Morgan fingerprint density at radius 2 is 2.22 bits per heavy atom. The fourth-order valence-electron chi connectivity index (χ4n) is 1.75. The average Bonchev–Trinajstić information content (AvgIpc) is 2.81. The van der Waals surface area contributed by atoms with Crippen LogP contribution in [0.2, 0.25) is 0 Å². The number of benzene rings is 1. The monoisotopic (exact) mass is 265 g/mol. The largest absolute Gasteiger partial charge is 0.478 e. The quantitative estimate of drug-likeness (QED) is 0.922. The highest BCUT2D eigenvalue weighted by molar-refractivity contribution is 7.07. The van der Waals surface area contributed by atoms with Crippen LogP contribution >= 0.6 is 11.3 Å². The number of carboxylic acid groups (broad SMARTS) is 1. The van der Waals surface area contributed by atoms with Gasteiger partial charge in [-0.2, -0.15) is 11.3 Å². The average molecular weight is 265 g/mol. The number of hydrogen-bond donors (Lipinski definition) is 1. The van der Waals surface area contributed by atoms with E-state index in [4.69, 9.17) is 5.11 Å². The molecule has 0 saturated carbocycles. The summed E-state index contributed by atoms with van der Waals surface area (Å²) in [6.07, 6.45) is 0. The number of nitrogens with zero attached hydrogens (tertiary/aromatic N) is 1. The summed E-state index contributed by atoms with van der Waals surface area (Å²) in [4.78, 5) is 12.9. The van der Waals surface area contributed by atoms with Crippen molar-refractivity contribution in [3.05, 3.63) is 52.0 Å². The predicted octanol–water partition coefficient (Wildman–Crippen LogP) is 3.22. The summed E-state index contributed by atoms with van der Waals surface area (Å²) in [5.41, 5.74) is 1.59. The lowest BCUT2D eigenvalue weighted by atomic mass is 10.1. The van der Waals surface area contributed by atoms with E-state index in [1.807, 2.05) is 16.8 Å². The third-order valence-electron chi connectivity index (χ3n) is 2.60.